The molecule has 0 aliphatic carbocycles. The molecule has 5 nitrogen and oxygen atoms in total. The Balaban J connectivity index is 0.00000676. The molecule has 2 N–H and O–H groups in total. The minimum absolute atomic E-state index is 0. The van der Waals surface area contributed by atoms with E-state index < -0.39 is 11.9 Å². The lowest BCUT2D eigenvalue weighted by Gasteiger charge is -2.32. The summed E-state index contributed by atoms with van der Waals surface area (Å²) in [6.07, 6.45) is -2.22. The van der Waals surface area contributed by atoms with Crippen molar-refractivity contribution in [2.24, 2.45) is 10.9 Å². The monoisotopic (exact) mass is 521 g/mol. The highest BCUT2D eigenvalue weighted by molar-refractivity contribution is 14.0. The standard InChI is InChI=1S/C17H30F3N5S.HI/c1-6-12(7-2)13(25(4)5)9-22-16(21-8-3)23-10-15-24-14(11-26-15)17(18,19)20;/h11-13H,6-10H2,1-5H3,(H2,21,22,23);1H. The van der Waals surface area contributed by atoms with E-state index in [-0.39, 0.29) is 30.5 Å². The van der Waals surface area contributed by atoms with Crippen molar-refractivity contribution in [2.45, 2.75) is 52.4 Å². The molecule has 158 valence electrons. The highest BCUT2D eigenvalue weighted by Crippen LogP contribution is 2.30. The second kappa shape index (κ2) is 12.8. The molecule has 0 spiro atoms. The first-order valence-electron chi connectivity index (χ1n) is 8.93. The highest BCUT2D eigenvalue weighted by atomic mass is 127. The number of likely N-dealkylation sites (N-methyl/N-ethyl adjacent to an activating group) is 1. The van der Waals surface area contributed by atoms with Crippen molar-refractivity contribution < 1.29 is 13.2 Å². The molecule has 0 saturated heterocycles. The fourth-order valence-corrected chi connectivity index (χ4v) is 3.53. The van der Waals surface area contributed by atoms with E-state index in [2.05, 4.69) is 53.5 Å². The number of aromatic nitrogens is 1. The first kappa shape index (κ1) is 26.4. The third-order valence-electron chi connectivity index (χ3n) is 4.29. The Labute approximate surface area is 181 Å². The molecule has 0 radical (unpaired) electrons. The normalized spacial score (nSPS) is 13.6. The van der Waals surface area contributed by atoms with Gasteiger partial charge in [-0.25, -0.2) is 9.98 Å². The summed E-state index contributed by atoms with van der Waals surface area (Å²) in [6.45, 7) is 7.83. The first-order chi connectivity index (χ1) is 12.2. The lowest BCUT2D eigenvalue weighted by Crippen LogP contribution is -2.48. The minimum atomic E-state index is -4.41. The van der Waals surface area contributed by atoms with Crippen LogP contribution >= 0.6 is 35.3 Å². The number of hydrogen-bond acceptors (Lipinski definition) is 4. The van der Waals surface area contributed by atoms with Crippen molar-refractivity contribution in [1.82, 2.24) is 20.5 Å². The molecule has 0 aliphatic rings. The fraction of sp³-hybridized carbons (Fsp3) is 0.765. The Morgan fingerprint density at radius 2 is 1.85 bits per heavy atom. The summed E-state index contributed by atoms with van der Waals surface area (Å²) in [5.74, 6) is 1.16. The van der Waals surface area contributed by atoms with E-state index in [1.54, 1.807) is 0 Å². The van der Waals surface area contributed by atoms with Gasteiger partial charge in [0.1, 0.15) is 5.01 Å². The predicted molar refractivity (Wildman–Crippen MR) is 117 cm³/mol. The van der Waals surface area contributed by atoms with Gasteiger partial charge in [-0.2, -0.15) is 13.2 Å². The maximum Gasteiger partial charge on any atom is 0.434 e. The van der Waals surface area contributed by atoms with Crippen LogP contribution in [0.1, 0.15) is 44.3 Å². The van der Waals surface area contributed by atoms with E-state index in [0.717, 1.165) is 36.1 Å². The minimum Gasteiger partial charge on any atom is -0.357 e. The maximum atomic E-state index is 12.6. The summed E-state index contributed by atoms with van der Waals surface area (Å²) >= 11 is 0.976. The third-order valence-corrected chi connectivity index (χ3v) is 5.13. The largest absolute Gasteiger partial charge is 0.434 e. The van der Waals surface area contributed by atoms with Crippen LogP contribution in [0.25, 0.3) is 0 Å². The molecule has 1 unspecified atom stereocenters. The summed E-state index contributed by atoms with van der Waals surface area (Å²) in [6, 6.07) is 0.352. The number of guanidine groups is 1. The number of hydrogen-bond donors (Lipinski definition) is 2. The zero-order chi connectivity index (χ0) is 19.7. The zero-order valence-electron chi connectivity index (χ0n) is 16.6. The Morgan fingerprint density at radius 1 is 1.22 bits per heavy atom. The zero-order valence-corrected chi connectivity index (χ0v) is 19.7. The van der Waals surface area contributed by atoms with Gasteiger partial charge in [0.15, 0.2) is 11.7 Å². The molecule has 1 aromatic heterocycles. The van der Waals surface area contributed by atoms with Crippen LogP contribution in [0.3, 0.4) is 0 Å². The summed E-state index contributed by atoms with van der Waals surface area (Å²) < 4.78 is 37.9. The smallest absolute Gasteiger partial charge is 0.357 e. The van der Waals surface area contributed by atoms with Gasteiger partial charge in [-0.15, -0.1) is 35.3 Å². The molecule has 1 aromatic rings. The van der Waals surface area contributed by atoms with Crippen LogP contribution < -0.4 is 10.6 Å². The van der Waals surface area contributed by atoms with Gasteiger partial charge in [-0.05, 0) is 26.9 Å². The second-order valence-corrected chi connectivity index (χ2v) is 7.25. The Morgan fingerprint density at radius 3 is 2.30 bits per heavy atom. The Hall–Kier alpha value is -0.620. The van der Waals surface area contributed by atoms with Gasteiger partial charge < -0.3 is 15.5 Å². The third kappa shape index (κ3) is 8.95. The van der Waals surface area contributed by atoms with E-state index in [4.69, 9.17) is 0 Å². The summed E-state index contributed by atoms with van der Waals surface area (Å²) in [4.78, 5) is 10.2. The highest BCUT2D eigenvalue weighted by Gasteiger charge is 2.33. The van der Waals surface area contributed by atoms with Crippen molar-refractivity contribution in [3.63, 3.8) is 0 Å². The van der Waals surface area contributed by atoms with Crippen molar-refractivity contribution in [3.05, 3.63) is 16.1 Å². The van der Waals surface area contributed by atoms with Crippen LogP contribution in [0.2, 0.25) is 0 Å². The van der Waals surface area contributed by atoms with Crippen LogP contribution in [0.15, 0.2) is 10.4 Å². The average molecular weight is 521 g/mol. The topological polar surface area (TPSA) is 52.6 Å². The molecule has 1 rings (SSSR count). The van der Waals surface area contributed by atoms with Gasteiger partial charge in [0, 0.05) is 24.5 Å². The predicted octanol–water partition coefficient (Wildman–Crippen LogP) is 4.20. The van der Waals surface area contributed by atoms with E-state index in [1.165, 1.54) is 0 Å². The fourth-order valence-electron chi connectivity index (χ4n) is 2.81. The Kier molecular flexibility index (Phi) is 12.5. The molecule has 1 heterocycles. The number of rotatable bonds is 9. The van der Waals surface area contributed by atoms with Gasteiger partial charge in [0.05, 0.1) is 6.54 Å². The van der Waals surface area contributed by atoms with E-state index in [9.17, 15) is 13.2 Å². The summed E-state index contributed by atoms with van der Waals surface area (Å²) in [5.41, 5.74) is -0.855. The van der Waals surface area contributed by atoms with Crippen LogP contribution in [-0.4, -0.2) is 49.1 Å². The number of alkyl halides is 3. The van der Waals surface area contributed by atoms with Crippen molar-refractivity contribution in [1.29, 1.82) is 0 Å². The molecule has 10 heteroatoms. The second-order valence-electron chi connectivity index (χ2n) is 6.31. The van der Waals surface area contributed by atoms with Crippen LogP contribution in [0.5, 0.6) is 0 Å². The molecule has 0 saturated carbocycles. The number of nitrogens with one attached hydrogen (secondary N) is 2. The van der Waals surface area contributed by atoms with Crippen LogP contribution in [-0.2, 0) is 12.7 Å². The number of aliphatic imine (C=N–C) groups is 1. The van der Waals surface area contributed by atoms with Crippen LogP contribution in [0, 0.1) is 5.92 Å². The van der Waals surface area contributed by atoms with Crippen LogP contribution in [0.4, 0.5) is 13.2 Å². The van der Waals surface area contributed by atoms with Crippen molar-refractivity contribution >= 4 is 41.3 Å². The van der Waals surface area contributed by atoms with E-state index in [0.29, 0.717) is 29.5 Å². The molecule has 0 amide bonds. The van der Waals surface area contributed by atoms with E-state index in [1.807, 2.05) is 6.92 Å². The van der Waals surface area contributed by atoms with E-state index >= 15 is 0 Å². The quantitative estimate of drug-likeness (QED) is 0.291. The molecule has 0 fully saturated rings. The molecular formula is C17H31F3IN5S. The average Bonchev–Trinajstić information content (AvgIpc) is 3.05. The van der Waals surface area contributed by atoms with Gasteiger partial charge in [-0.1, -0.05) is 26.7 Å². The van der Waals surface area contributed by atoms with Gasteiger partial charge >= 0.3 is 6.18 Å². The first-order valence-corrected chi connectivity index (χ1v) is 9.80. The summed E-state index contributed by atoms with van der Waals surface area (Å²) in [7, 11) is 4.12. The lowest BCUT2D eigenvalue weighted by molar-refractivity contribution is -0.140. The number of thiazole rings is 1. The lowest BCUT2D eigenvalue weighted by atomic mass is 9.93. The Bertz CT molecular complexity index is 559. The molecule has 0 bridgehead atoms. The molecule has 1 atom stereocenters. The number of nitrogens with zero attached hydrogens (tertiary/aromatic N) is 3. The maximum absolute atomic E-state index is 12.6. The molecule has 27 heavy (non-hydrogen) atoms. The molecule has 0 aliphatic heterocycles. The van der Waals surface area contributed by atoms with Gasteiger partial charge in [0.25, 0.3) is 0 Å². The van der Waals surface area contributed by atoms with Crippen molar-refractivity contribution in [3.8, 4) is 0 Å². The summed E-state index contributed by atoms with van der Waals surface area (Å²) in [5, 5.41) is 7.82. The number of halogens is 4. The van der Waals surface area contributed by atoms with Gasteiger partial charge in [0.2, 0.25) is 0 Å². The SMILES string of the molecule is CCNC(=NCc1nc(C(F)(F)F)cs1)NCC(C(CC)CC)N(C)C.I. The molecular weight excluding hydrogens is 490 g/mol. The molecule has 0 aromatic carbocycles. The van der Waals surface area contributed by atoms with Gasteiger partial charge in [-0.3, -0.25) is 0 Å². The van der Waals surface area contributed by atoms with Crippen molar-refractivity contribution in [2.75, 3.05) is 27.2 Å².